The summed E-state index contributed by atoms with van der Waals surface area (Å²) in [5.41, 5.74) is 1.47. The Morgan fingerprint density at radius 2 is 1.54 bits per heavy atom. The number of sulfone groups is 1. The lowest BCUT2D eigenvalue weighted by Crippen LogP contribution is -2.17. The molecule has 5 nitrogen and oxygen atoms in total. The fraction of sp³-hybridized carbons (Fsp3) is 0.136. The van der Waals surface area contributed by atoms with E-state index < -0.39 is 9.84 Å². The van der Waals surface area contributed by atoms with Gasteiger partial charge in [0.15, 0.2) is 15.6 Å². The molecule has 0 radical (unpaired) electrons. The highest BCUT2D eigenvalue weighted by Gasteiger charge is 2.17. The minimum absolute atomic E-state index is 0.143. The molecule has 144 valence electrons. The number of carbonyl (C=O) groups excluding carboxylic acids is 1. The highest BCUT2D eigenvalue weighted by Crippen LogP contribution is 2.29. The first kappa shape index (κ1) is 19.6. The van der Waals surface area contributed by atoms with E-state index in [1.54, 1.807) is 48.5 Å². The Bertz CT molecular complexity index is 1050. The smallest absolute Gasteiger partial charge is 0.225 e. The molecule has 0 aliphatic rings. The number of anilines is 1. The lowest BCUT2D eigenvalue weighted by Gasteiger charge is -2.12. The van der Waals surface area contributed by atoms with Crippen LogP contribution < -0.4 is 10.1 Å². The van der Waals surface area contributed by atoms with Crippen molar-refractivity contribution in [3.63, 3.8) is 0 Å². The molecule has 0 aliphatic heterocycles. The molecule has 0 aliphatic carbocycles. The van der Waals surface area contributed by atoms with Gasteiger partial charge in [0.05, 0.1) is 16.3 Å². The van der Waals surface area contributed by atoms with E-state index in [9.17, 15) is 13.2 Å². The zero-order chi connectivity index (χ0) is 20.0. The fourth-order valence-corrected chi connectivity index (χ4v) is 3.82. The number of hydrogen-bond donors (Lipinski definition) is 1. The van der Waals surface area contributed by atoms with Crippen LogP contribution in [0.5, 0.6) is 11.5 Å². The molecular weight excluding hydrogens is 374 g/mol. The number of aryl methyl sites for hydroxylation is 1. The van der Waals surface area contributed by atoms with Crippen molar-refractivity contribution in [1.82, 2.24) is 0 Å². The Balaban J connectivity index is 1.64. The maximum Gasteiger partial charge on any atom is 0.225 e. The van der Waals surface area contributed by atoms with Crippen LogP contribution in [-0.2, 0) is 14.6 Å². The first-order valence-electron chi connectivity index (χ1n) is 8.85. The summed E-state index contributed by atoms with van der Waals surface area (Å²) in [5.74, 6) is 0.484. The number of nitrogens with one attached hydrogen (secondary N) is 1. The number of rotatable bonds is 7. The molecule has 1 amide bonds. The monoisotopic (exact) mass is 395 g/mol. The Morgan fingerprint density at radius 3 is 2.25 bits per heavy atom. The first-order chi connectivity index (χ1) is 13.4. The topological polar surface area (TPSA) is 72.5 Å². The number of para-hydroxylation sites is 3. The van der Waals surface area contributed by atoms with Gasteiger partial charge in [0.25, 0.3) is 0 Å². The van der Waals surface area contributed by atoms with Crippen LogP contribution in [0.15, 0.2) is 83.8 Å². The summed E-state index contributed by atoms with van der Waals surface area (Å²) in [5, 5.41) is 2.74. The van der Waals surface area contributed by atoms with E-state index in [4.69, 9.17) is 4.74 Å². The average Bonchev–Trinajstić information content (AvgIpc) is 2.69. The molecule has 1 N–H and O–H groups in total. The zero-order valence-corrected chi connectivity index (χ0v) is 16.3. The molecule has 0 bridgehead atoms. The van der Waals surface area contributed by atoms with Gasteiger partial charge in [0, 0.05) is 6.42 Å². The van der Waals surface area contributed by atoms with Crippen LogP contribution in [0.2, 0.25) is 0 Å². The van der Waals surface area contributed by atoms with Gasteiger partial charge in [-0.15, -0.1) is 0 Å². The molecule has 0 heterocycles. The summed E-state index contributed by atoms with van der Waals surface area (Å²) in [4.78, 5) is 12.5. The summed E-state index contributed by atoms with van der Waals surface area (Å²) in [6, 6.07) is 22.8. The van der Waals surface area contributed by atoms with Crippen LogP contribution in [0.3, 0.4) is 0 Å². The number of carbonyl (C=O) groups is 1. The number of benzene rings is 3. The second-order valence-corrected chi connectivity index (χ2v) is 8.45. The summed E-state index contributed by atoms with van der Waals surface area (Å²) in [6.07, 6.45) is -0.143. The zero-order valence-electron chi connectivity index (χ0n) is 15.5. The van der Waals surface area contributed by atoms with Crippen molar-refractivity contribution < 1.29 is 17.9 Å². The molecule has 0 aromatic heterocycles. The Kier molecular flexibility index (Phi) is 6.11. The van der Waals surface area contributed by atoms with Crippen molar-refractivity contribution in [3.05, 3.63) is 84.4 Å². The first-order valence-corrected chi connectivity index (χ1v) is 10.5. The lowest BCUT2D eigenvalue weighted by molar-refractivity contribution is -0.115. The van der Waals surface area contributed by atoms with E-state index in [2.05, 4.69) is 5.32 Å². The second-order valence-electron chi connectivity index (χ2n) is 6.34. The largest absolute Gasteiger partial charge is 0.455 e. The Hall–Kier alpha value is -3.12. The Labute approximate surface area is 164 Å². The van der Waals surface area contributed by atoms with Crippen LogP contribution in [-0.4, -0.2) is 20.1 Å². The molecule has 28 heavy (non-hydrogen) atoms. The highest BCUT2D eigenvalue weighted by atomic mass is 32.2. The third kappa shape index (κ3) is 5.20. The molecule has 0 fully saturated rings. The molecule has 0 unspecified atom stereocenters. The van der Waals surface area contributed by atoms with Gasteiger partial charge in [-0.2, -0.15) is 0 Å². The van der Waals surface area contributed by atoms with Gasteiger partial charge in [0.1, 0.15) is 5.75 Å². The molecule has 0 atom stereocenters. The number of hydrogen-bond acceptors (Lipinski definition) is 4. The molecule has 3 aromatic carbocycles. The van der Waals surface area contributed by atoms with Crippen molar-refractivity contribution in [2.75, 3.05) is 11.1 Å². The van der Waals surface area contributed by atoms with Crippen LogP contribution in [0.1, 0.15) is 12.0 Å². The van der Waals surface area contributed by atoms with E-state index in [1.165, 1.54) is 0 Å². The van der Waals surface area contributed by atoms with Crippen molar-refractivity contribution in [2.45, 2.75) is 18.2 Å². The van der Waals surface area contributed by atoms with Gasteiger partial charge in [-0.05, 0) is 43.3 Å². The standard InChI is InChI=1S/C22H21NO4S/c1-17-11-13-19(14-12-17)28(25,26)16-15-22(24)23-20-9-5-6-10-21(20)27-18-7-3-2-4-8-18/h2-14H,15-16H2,1H3,(H,23,24). The maximum absolute atomic E-state index is 12.4. The van der Waals surface area contributed by atoms with Crippen molar-refractivity contribution in [3.8, 4) is 11.5 Å². The molecule has 6 heteroatoms. The third-order valence-electron chi connectivity index (χ3n) is 4.11. The summed E-state index contributed by atoms with van der Waals surface area (Å²) < 4.78 is 30.6. The van der Waals surface area contributed by atoms with E-state index in [0.29, 0.717) is 17.2 Å². The predicted octanol–water partition coefficient (Wildman–Crippen LogP) is 4.59. The summed E-state index contributed by atoms with van der Waals surface area (Å²) in [7, 11) is -3.52. The van der Waals surface area contributed by atoms with Crippen LogP contribution in [0, 0.1) is 6.92 Å². The fourth-order valence-electron chi connectivity index (χ4n) is 2.58. The summed E-state index contributed by atoms with van der Waals surface area (Å²) in [6.45, 7) is 1.89. The maximum atomic E-state index is 12.4. The van der Waals surface area contributed by atoms with Crippen LogP contribution >= 0.6 is 0 Å². The molecule has 3 aromatic rings. The molecule has 0 saturated heterocycles. The van der Waals surface area contributed by atoms with Crippen LogP contribution in [0.4, 0.5) is 5.69 Å². The summed E-state index contributed by atoms with van der Waals surface area (Å²) >= 11 is 0. The normalized spacial score (nSPS) is 11.0. The third-order valence-corrected chi connectivity index (χ3v) is 5.84. The molecule has 0 saturated carbocycles. The van der Waals surface area contributed by atoms with E-state index in [1.807, 2.05) is 37.3 Å². The van der Waals surface area contributed by atoms with Crippen molar-refractivity contribution >= 4 is 21.4 Å². The lowest BCUT2D eigenvalue weighted by atomic mass is 10.2. The van der Waals surface area contributed by atoms with Crippen LogP contribution in [0.25, 0.3) is 0 Å². The van der Waals surface area contributed by atoms with E-state index in [-0.39, 0.29) is 23.0 Å². The van der Waals surface area contributed by atoms with Gasteiger partial charge in [-0.25, -0.2) is 8.42 Å². The van der Waals surface area contributed by atoms with Gasteiger partial charge in [-0.3, -0.25) is 4.79 Å². The van der Waals surface area contributed by atoms with Crippen molar-refractivity contribution in [2.24, 2.45) is 0 Å². The van der Waals surface area contributed by atoms with Gasteiger partial charge in [-0.1, -0.05) is 48.0 Å². The van der Waals surface area contributed by atoms with E-state index >= 15 is 0 Å². The van der Waals surface area contributed by atoms with Crippen molar-refractivity contribution in [1.29, 1.82) is 0 Å². The Morgan fingerprint density at radius 1 is 0.893 bits per heavy atom. The molecule has 0 spiro atoms. The van der Waals surface area contributed by atoms with E-state index in [0.717, 1.165) is 5.56 Å². The predicted molar refractivity (Wildman–Crippen MR) is 109 cm³/mol. The average molecular weight is 395 g/mol. The number of ether oxygens (including phenoxy) is 1. The highest BCUT2D eigenvalue weighted by molar-refractivity contribution is 7.91. The van der Waals surface area contributed by atoms with Gasteiger partial charge >= 0.3 is 0 Å². The molecular formula is C22H21NO4S. The minimum Gasteiger partial charge on any atom is -0.455 e. The van der Waals surface area contributed by atoms with Gasteiger partial charge in [0.2, 0.25) is 5.91 Å². The SMILES string of the molecule is Cc1ccc(S(=O)(=O)CCC(=O)Nc2ccccc2Oc2ccccc2)cc1. The minimum atomic E-state index is -3.52. The quantitative estimate of drug-likeness (QED) is 0.635. The second kappa shape index (κ2) is 8.71. The molecule has 3 rings (SSSR count). The number of amides is 1. The van der Waals surface area contributed by atoms with Gasteiger partial charge < -0.3 is 10.1 Å².